The number of likely N-dealkylation sites (N-methyl/N-ethyl adjacent to an activating group) is 1. The van der Waals surface area contributed by atoms with Crippen molar-refractivity contribution < 1.29 is 23.8 Å². The SMILES string of the molecule is CN1C(=O)c2cnn3ccc(nc23)OC2c3c(ccc(F)c3Cl)OC(CO)C21. The first-order valence-corrected chi connectivity index (χ1v) is 8.91. The smallest absolute Gasteiger partial charge is 0.259 e. The maximum atomic E-state index is 14.2. The number of ether oxygens (including phenoxy) is 2. The first-order chi connectivity index (χ1) is 13.5. The first kappa shape index (κ1) is 17.2. The summed E-state index contributed by atoms with van der Waals surface area (Å²) >= 11 is 6.24. The quantitative estimate of drug-likeness (QED) is 0.666. The van der Waals surface area contributed by atoms with E-state index < -0.39 is 24.1 Å². The number of hydrogen-bond donors (Lipinski definition) is 1. The monoisotopic (exact) mass is 404 g/mol. The van der Waals surface area contributed by atoms with Gasteiger partial charge >= 0.3 is 0 Å². The number of aliphatic hydroxyl groups excluding tert-OH is 1. The molecule has 10 heteroatoms. The van der Waals surface area contributed by atoms with Gasteiger partial charge in [0, 0.05) is 19.3 Å². The molecule has 1 N–H and O–H groups in total. The third-order valence-corrected chi connectivity index (χ3v) is 5.50. The minimum Gasteiger partial charge on any atom is -0.485 e. The fourth-order valence-electron chi connectivity index (χ4n) is 3.77. The van der Waals surface area contributed by atoms with E-state index in [1.165, 1.54) is 27.7 Å². The predicted molar refractivity (Wildman–Crippen MR) is 95.1 cm³/mol. The van der Waals surface area contributed by atoms with E-state index in [9.17, 15) is 14.3 Å². The van der Waals surface area contributed by atoms with Crippen molar-refractivity contribution in [2.75, 3.05) is 13.7 Å². The van der Waals surface area contributed by atoms with Crippen LogP contribution < -0.4 is 9.47 Å². The molecule has 0 radical (unpaired) electrons. The molecular weight excluding hydrogens is 391 g/mol. The van der Waals surface area contributed by atoms with Crippen LogP contribution in [0, 0.1) is 5.82 Å². The Morgan fingerprint density at radius 2 is 2.14 bits per heavy atom. The largest absolute Gasteiger partial charge is 0.485 e. The number of carbonyl (C=O) groups excluding carboxylic acids is 1. The lowest BCUT2D eigenvalue weighted by molar-refractivity contribution is -0.0320. The van der Waals surface area contributed by atoms with E-state index in [-0.39, 0.29) is 40.3 Å². The lowest BCUT2D eigenvalue weighted by Gasteiger charge is -2.42. The van der Waals surface area contributed by atoms with Gasteiger partial charge in [-0.1, -0.05) is 11.6 Å². The standard InChI is InChI=1S/C18H14ClFN4O4/c1-23-15-11(7-25)27-10-3-2-9(20)14(19)13(10)16(15)28-12-4-5-24-17(22-12)8(6-21-24)18(23)26/h2-6,11,15-16,25H,7H2,1H3. The average Bonchev–Trinajstić information content (AvgIpc) is 3.12. The Balaban J connectivity index is 1.76. The zero-order valence-corrected chi connectivity index (χ0v) is 15.3. The molecular formula is C18H14ClFN4O4. The number of nitrogens with zero attached hydrogens (tertiary/aromatic N) is 4. The van der Waals surface area contributed by atoms with Crippen molar-refractivity contribution in [3.05, 3.63) is 52.6 Å². The zero-order chi connectivity index (χ0) is 19.6. The number of carbonyl (C=O) groups is 1. The third kappa shape index (κ3) is 2.29. The summed E-state index contributed by atoms with van der Waals surface area (Å²) in [4.78, 5) is 18.9. The van der Waals surface area contributed by atoms with Gasteiger partial charge in [0.25, 0.3) is 5.91 Å². The molecule has 4 heterocycles. The second-order valence-corrected chi connectivity index (χ2v) is 7.03. The van der Waals surface area contributed by atoms with Crippen LogP contribution in [0.2, 0.25) is 5.02 Å². The fourth-order valence-corrected chi connectivity index (χ4v) is 4.03. The van der Waals surface area contributed by atoms with Crippen LogP contribution in [0.1, 0.15) is 22.0 Å². The Kier molecular flexibility index (Phi) is 3.72. The van der Waals surface area contributed by atoms with Gasteiger partial charge in [-0.2, -0.15) is 10.1 Å². The van der Waals surface area contributed by atoms with Crippen molar-refractivity contribution in [1.82, 2.24) is 19.5 Å². The predicted octanol–water partition coefficient (Wildman–Crippen LogP) is 1.85. The molecule has 2 bridgehead atoms. The summed E-state index contributed by atoms with van der Waals surface area (Å²) in [5.74, 6) is -0.506. The van der Waals surface area contributed by atoms with E-state index >= 15 is 0 Å². The molecule has 3 atom stereocenters. The summed E-state index contributed by atoms with van der Waals surface area (Å²) in [5, 5.41) is 13.9. The van der Waals surface area contributed by atoms with Gasteiger partial charge in [0.1, 0.15) is 29.3 Å². The molecule has 0 saturated carbocycles. The van der Waals surface area contributed by atoms with Crippen LogP contribution in [-0.4, -0.2) is 56.3 Å². The summed E-state index contributed by atoms with van der Waals surface area (Å²) < 4.78 is 27.6. The molecule has 3 unspecified atom stereocenters. The van der Waals surface area contributed by atoms with Crippen molar-refractivity contribution in [3.63, 3.8) is 0 Å². The van der Waals surface area contributed by atoms with Gasteiger partial charge in [-0.25, -0.2) is 8.91 Å². The van der Waals surface area contributed by atoms with Crippen LogP contribution in [0.3, 0.4) is 0 Å². The molecule has 0 fully saturated rings. The number of fused-ring (bicyclic) bond motifs is 4. The summed E-state index contributed by atoms with van der Waals surface area (Å²) in [7, 11) is 1.56. The van der Waals surface area contributed by atoms with E-state index in [2.05, 4.69) is 10.1 Å². The van der Waals surface area contributed by atoms with Gasteiger partial charge in [-0.05, 0) is 12.1 Å². The number of benzene rings is 1. The Hall–Kier alpha value is -2.91. The van der Waals surface area contributed by atoms with Gasteiger partial charge < -0.3 is 19.5 Å². The van der Waals surface area contributed by atoms with Crippen molar-refractivity contribution in [3.8, 4) is 11.6 Å². The van der Waals surface area contributed by atoms with Crippen LogP contribution in [0.5, 0.6) is 11.6 Å². The van der Waals surface area contributed by atoms with Crippen molar-refractivity contribution in [1.29, 1.82) is 0 Å². The van der Waals surface area contributed by atoms with Gasteiger partial charge in [-0.15, -0.1) is 0 Å². The molecule has 0 spiro atoms. The molecule has 1 aromatic carbocycles. The van der Waals surface area contributed by atoms with Crippen LogP contribution in [0.4, 0.5) is 4.39 Å². The number of rotatable bonds is 1. The van der Waals surface area contributed by atoms with Gasteiger partial charge in [0.15, 0.2) is 11.8 Å². The number of hydrogen-bond acceptors (Lipinski definition) is 6. The van der Waals surface area contributed by atoms with Crippen LogP contribution >= 0.6 is 11.6 Å². The summed E-state index contributed by atoms with van der Waals surface area (Å²) in [5.41, 5.74) is 0.881. The van der Waals surface area contributed by atoms with Gasteiger partial charge in [0.2, 0.25) is 5.88 Å². The van der Waals surface area contributed by atoms with Crippen molar-refractivity contribution in [2.45, 2.75) is 18.2 Å². The molecule has 2 aliphatic heterocycles. The second kappa shape index (κ2) is 6.05. The highest BCUT2D eigenvalue weighted by Gasteiger charge is 2.46. The van der Waals surface area contributed by atoms with Gasteiger partial charge in [0.05, 0.1) is 23.4 Å². The van der Waals surface area contributed by atoms with Gasteiger partial charge in [-0.3, -0.25) is 4.79 Å². The Labute approximate surface area is 163 Å². The van der Waals surface area contributed by atoms with E-state index in [1.807, 2.05) is 0 Å². The minimum absolute atomic E-state index is 0.159. The second-order valence-electron chi connectivity index (χ2n) is 6.65. The molecule has 1 amide bonds. The molecule has 0 saturated heterocycles. The van der Waals surface area contributed by atoms with Crippen LogP contribution in [0.15, 0.2) is 30.6 Å². The van der Waals surface area contributed by atoms with E-state index in [1.54, 1.807) is 19.3 Å². The normalized spacial score (nSPS) is 23.4. The van der Waals surface area contributed by atoms with E-state index in [0.29, 0.717) is 5.65 Å². The number of aromatic nitrogens is 3. The molecule has 2 aromatic heterocycles. The number of amides is 1. The molecule has 28 heavy (non-hydrogen) atoms. The average molecular weight is 405 g/mol. The highest BCUT2D eigenvalue weighted by molar-refractivity contribution is 6.31. The van der Waals surface area contributed by atoms with Crippen LogP contribution in [-0.2, 0) is 0 Å². The lowest BCUT2D eigenvalue weighted by Crippen LogP contribution is -2.55. The van der Waals surface area contributed by atoms with Crippen LogP contribution in [0.25, 0.3) is 5.65 Å². The Morgan fingerprint density at radius 1 is 1.32 bits per heavy atom. The van der Waals surface area contributed by atoms with E-state index in [4.69, 9.17) is 21.1 Å². The molecule has 144 valence electrons. The summed E-state index contributed by atoms with van der Waals surface area (Å²) in [6.07, 6.45) is 1.33. The highest BCUT2D eigenvalue weighted by Crippen LogP contribution is 2.44. The van der Waals surface area contributed by atoms with Crippen molar-refractivity contribution in [2.24, 2.45) is 0 Å². The molecule has 2 aliphatic rings. The topological polar surface area (TPSA) is 89.2 Å². The third-order valence-electron chi connectivity index (χ3n) is 5.12. The Bertz CT molecular complexity index is 1120. The first-order valence-electron chi connectivity index (χ1n) is 8.53. The minimum atomic E-state index is -0.898. The van der Waals surface area contributed by atoms with Crippen molar-refractivity contribution >= 4 is 23.2 Å². The highest BCUT2D eigenvalue weighted by atomic mass is 35.5. The number of aliphatic hydroxyl groups is 1. The summed E-state index contributed by atoms with van der Waals surface area (Å²) in [6.45, 7) is -0.384. The summed E-state index contributed by atoms with van der Waals surface area (Å²) in [6, 6.07) is 3.42. The maximum Gasteiger partial charge on any atom is 0.259 e. The molecule has 5 rings (SSSR count). The fraction of sp³-hybridized carbons (Fsp3) is 0.278. The van der Waals surface area contributed by atoms with E-state index in [0.717, 1.165) is 0 Å². The Morgan fingerprint density at radius 3 is 2.93 bits per heavy atom. The molecule has 8 nitrogen and oxygen atoms in total. The maximum absolute atomic E-state index is 14.2. The lowest BCUT2D eigenvalue weighted by atomic mass is 9.92. The molecule has 0 aliphatic carbocycles. The molecule has 3 aromatic rings. The zero-order valence-electron chi connectivity index (χ0n) is 14.5. The number of halogens is 2.